The van der Waals surface area contributed by atoms with E-state index in [1.54, 1.807) is 12.3 Å². The first-order valence-electron chi connectivity index (χ1n) is 5.19. The zero-order chi connectivity index (χ0) is 13.1. The second-order valence-electron chi connectivity index (χ2n) is 3.79. The van der Waals surface area contributed by atoms with Gasteiger partial charge in [0, 0.05) is 18.1 Å². The molecule has 2 aromatic rings. The van der Waals surface area contributed by atoms with Crippen molar-refractivity contribution in [1.29, 1.82) is 0 Å². The van der Waals surface area contributed by atoms with Crippen LogP contribution in [0.5, 0.6) is 0 Å². The smallest absolute Gasteiger partial charge is 0.149 e. The second-order valence-corrected chi connectivity index (χ2v) is 5.03. The van der Waals surface area contributed by atoms with Crippen LogP contribution in [0, 0.1) is 5.82 Å². The molecule has 0 saturated carbocycles. The summed E-state index contributed by atoms with van der Waals surface area (Å²) in [4.78, 5) is 10.0. The van der Waals surface area contributed by atoms with Gasteiger partial charge in [-0.2, -0.15) is 0 Å². The van der Waals surface area contributed by atoms with Crippen LogP contribution in [0.4, 0.5) is 10.2 Å². The van der Waals surface area contributed by atoms with Crippen molar-refractivity contribution in [1.82, 2.24) is 9.97 Å². The maximum atomic E-state index is 13.0. The molecule has 0 radical (unpaired) electrons. The quantitative estimate of drug-likeness (QED) is 0.860. The predicted octanol–water partition coefficient (Wildman–Crippen LogP) is 3.67. The number of anilines is 1. The molecule has 0 bridgehead atoms. The summed E-state index contributed by atoms with van der Waals surface area (Å²) < 4.78 is 13.7. The van der Waals surface area contributed by atoms with Gasteiger partial charge in [0.15, 0.2) is 0 Å². The van der Waals surface area contributed by atoms with Gasteiger partial charge in [0.1, 0.15) is 16.8 Å². The van der Waals surface area contributed by atoms with E-state index in [1.165, 1.54) is 18.3 Å². The van der Waals surface area contributed by atoms with E-state index in [1.807, 2.05) is 11.9 Å². The van der Waals surface area contributed by atoms with E-state index < -0.39 is 0 Å². The van der Waals surface area contributed by atoms with Gasteiger partial charge in [-0.15, -0.1) is 0 Å². The SMILES string of the molecule is CN(Cc1ccc(F)cc1Br)c1cncc(Cl)n1. The first-order valence-corrected chi connectivity index (χ1v) is 6.36. The average Bonchev–Trinajstić information content (AvgIpc) is 2.32. The normalized spacial score (nSPS) is 10.4. The minimum Gasteiger partial charge on any atom is -0.354 e. The molecule has 1 aromatic heterocycles. The highest BCUT2D eigenvalue weighted by Gasteiger charge is 2.08. The predicted molar refractivity (Wildman–Crippen MR) is 73.2 cm³/mol. The lowest BCUT2D eigenvalue weighted by Crippen LogP contribution is -2.18. The molecule has 0 atom stereocenters. The Morgan fingerprint density at radius 3 is 2.83 bits per heavy atom. The Hall–Kier alpha value is -1.20. The average molecular weight is 331 g/mol. The van der Waals surface area contributed by atoms with Crippen LogP contribution in [0.25, 0.3) is 0 Å². The molecule has 0 fully saturated rings. The third-order valence-electron chi connectivity index (χ3n) is 2.41. The fraction of sp³-hybridized carbons (Fsp3) is 0.167. The van der Waals surface area contributed by atoms with Crippen molar-refractivity contribution in [2.24, 2.45) is 0 Å². The molecular formula is C12H10BrClFN3. The summed E-state index contributed by atoms with van der Waals surface area (Å²) in [6.45, 7) is 0.579. The van der Waals surface area contributed by atoms with Gasteiger partial charge in [-0.3, -0.25) is 4.98 Å². The number of hydrogen-bond donors (Lipinski definition) is 0. The maximum Gasteiger partial charge on any atom is 0.149 e. The Labute approximate surface area is 118 Å². The standard InChI is InChI=1S/C12H10BrClFN3/c1-18(12-6-16-5-11(14)17-12)7-8-2-3-9(15)4-10(8)13/h2-6H,7H2,1H3. The molecule has 2 rings (SSSR count). The van der Waals surface area contributed by atoms with Crippen molar-refractivity contribution in [2.45, 2.75) is 6.54 Å². The zero-order valence-electron chi connectivity index (χ0n) is 9.57. The number of aromatic nitrogens is 2. The van der Waals surface area contributed by atoms with Gasteiger partial charge in [0.05, 0.1) is 12.4 Å². The molecular weight excluding hydrogens is 321 g/mol. The number of halogens is 3. The molecule has 1 heterocycles. The first kappa shape index (κ1) is 13.2. The fourth-order valence-corrected chi connectivity index (χ4v) is 2.12. The third kappa shape index (κ3) is 3.17. The topological polar surface area (TPSA) is 29.0 Å². The highest BCUT2D eigenvalue weighted by atomic mass is 79.9. The molecule has 94 valence electrons. The van der Waals surface area contributed by atoms with Gasteiger partial charge >= 0.3 is 0 Å². The van der Waals surface area contributed by atoms with E-state index in [-0.39, 0.29) is 5.82 Å². The molecule has 0 saturated heterocycles. The molecule has 3 nitrogen and oxygen atoms in total. The van der Waals surface area contributed by atoms with Crippen molar-refractivity contribution < 1.29 is 4.39 Å². The van der Waals surface area contributed by atoms with Gasteiger partial charge in [0.2, 0.25) is 0 Å². The van der Waals surface area contributed by atoms with Gasteiger partial charge in [-0.1, -0.05) is 33.6 Å². The van der Waals surface area contributed by atoms with E-state index >= 15 is 0 Å². The Morgan fingerprint density at radius 2 is 2.17 bits per heavy atom. The van der Waals surface area contributed by atoms with E-state index in [0.29, 0.717) is 17.5 Å². The molecule has 1 aromatic carbocycles. The number of rotatable bonds is 3. The van der Waals surface area contributed by atoms with E-state index in [0.717, 1.165) is 10.0 Å². The lowest BCUT2D eigenvalue weighted by molar-refractivity contribution is 0.625. The van der Waals surface area contributed by atoms with Crippen LogP contribution < -0.4 is 4.90 Å². The summed E-state index contributed by atoms with van der Waals surface area (Å²) >= 11 is 9.12. The molecule has 0 unspecified atom stereocenters. The summed E-state index contributed by atoms with van der Waals surface area (Å²) in [5, 5.41) is 0.345. The third-order valence-corrected chi connectivity index (χ3v) is 3.33. The molecule has 0 N–H and O–H groups in total. The lowest BCUT2D eigenvalue weighted by Gasteiger charge is -2.18. The maximum absolute atomic E-state index is 13.0. The van der Waals surface area contributed by atoms with Gasteiger partial charge in [-0.25, -0.2) is 9.37 Å². The minimum absolute atomic E-state index is 0.268. The Bertz CT molecular complexity index is 565. The molecule has 0 aliphatic rings. The molecule has 6 heteroatoms. The van der Waals surface area contributed by atoms with Crippen LogP contribution in [0.1, 0.15) is 5.56 Å². The summed E-state index contributed by atoms with van der Waals surface area (Å²) in [5.41, 5.74) is 0.959. The van der Waals surface area contributed by atoms with Crippen molar-refractivity contribution >= 4 is 33.3 Å². The van der Waals surface area contributed by atoms with Crippen molar-refractivity contribution in [2.75, 3.05) is 11.9 Å². The van der Waals surface area contributed by atoms with Crippen molar-refractivity contribution in [3.63, 3.8) is 0 Å². The summed E-state index contributed by atoms with van der Waals surface area (Å²) in [7, 11) is 1.87. The summed E-state index contributed by atoms with van der Waals surface area (Å²) in [6.07, 6.45) is 3.11. The van der Waals surface area contributed by atoms with Crippen LogP contribution in [0.2, 0.25) is 5.15 Å². The molecule has 18 heavy (non-hydrogen) atoms. The van der Waals surface area contributed by atoms with Crippen molar-refractivity contribution in [3.05, 3.63) is 51.6 Å². The van der Waals surface area contributed by atoms with Crippen molar-refractivity contribution in [3.8, 4) is 0 Å². The monoisotopic (exact) mass is 329 g/mol. The van der Waals surface area contributed by atoms with Crippen LogP contribution in [-0.2, 0) is 6.54 Å². The minimum atomic E-state index is -0.268. The Balaban J connectivity index is 2.18. The fourth-order valence-electron chi connectivity index (χ4n) is 1.50. The number of nitrogens with zero attached hydrogens (tertiary/aromatic N) is 3. The lowest BCUT2D eigenvalue weighted by atomic mass is 10.2. The Kier molecular flexibility index (Phi) is 4.14. The van der Waals surface area contributed by atoms with Gasteiger partial charge in [-0.05, 0) is 17.7 Å². The van der Waals surface area contributed by atoms with Crippen LogP contribution in [-0.4, -0.2) is 17.0 Å². The molecule has 0 amide bonds. The Morgan fingerprint density at radius 1 is 1.39 bits per heavy atom. The second kappa shape index (κ2) is 5.63. The molecule has 0 aliphatic carbocycles. The highest BCUT2D eigenvalue weighted by Crippen LogP contribution is 2.21. The number of benzene rings is 1. The summed E-state index contributed by atoms with van der Waals surface area (Å²) in [6, 6.07) is 4.60. The van der Waals surface area contributed by atoms with E-state index in [9.17, 15) is 4.39 Å². The van der Waals surface area contributed by atoms with Gasteiger partial charge < -0.3 is 4.90 Å². The van der Waals surface area contributed by atoms with Crippen LogP contribution in [0.3, 0.4) is 0 Å². The van der Waals surface area contributed by atoms with Crippen LogP contribution >= 0.6 is 27.5 Å². The van der Waals surface area contributed by atoms with Crippen LogP contribution in [0.15, 0.2) is 35.1 Å². The highest BCUT2D eigenvalue weighted by molar-refractivity contribution is 9.10. The van der Waals surface area contributed by atoms with Gasteiger partial charge in [0.25, 0.3) is 0 Å². The first-order chi connectivity index (χ1) is 8.56. The summed E-state index contributed by atoms with van der Waals surface area (Å²) in [5.74, 6) is 0.398. The zero-order valence-corrected chi connectivity index (χ0v) is 11.9. The molecule has 0 aliphatic heterocycles. The largest absolute Gasteiger partial charge is 0.354 e. The number of hydrogen-bond acceptors (Lipinski definition) is 3. The molecule has 0 spiro atoms. The van der Waals surface area contributed by atoms with E-state index in [4.69, 9.17) is 11.6 Å². The van der Waals surface area contributed by atoms with E-state index in [2.05, 4.69) is 25.9 Å².